The van der Waals surface area contributed by atoms with E-state index in [1.165, 1.54) is 38.5 Å². The highest BCUT2D eigenvalue weighted by Gasteiger charge is 2.32. The molecule has 3 rings (SSSR count). The van der Waals surface area contributed by atoms with Gasteiger partial charge in [-0.05, 0) is 36.8 Å². The molecule has 2 fully saturated rings. The topological polar surface area (TPSA) is 38.7 Å². The lowest BCUT2D eigenvalue weighted by Crippen LogP contribution is -2.34. The molecule has 1 saturated heterocycles. The van der Waals surface area contributed by atoms with Crippen molar-refractivity contribution in [2.45, 2.75) is 51.7 Å². The second-order valence-corrected chi connectivity index (χ2v) is 7.16. The molecule has 1 aliphatic heterocycles. The van der Waals surface area contributed by atoms with Crippen LogP contribution in [0.1, 0.15) is 57.3 Å². The molecule has 0 bridgehead atoms. The lowest BCUT2D eigenvalue weighted by Gasteiger charge is -2.37. The normalized spacial score (nSPS) is 31.1. The fourth-order valence-electron chi connectivity index (χ4n) is 4.06. The number of phenolic OH excluding ortho intramolecular Hbond substituents is 1. The van der Waals surface area contributed by atoms with E-state index in [2.05, 4.69) is 6.92 Å². The van der Waals surface area contributed by atoms with Gasteiger partial charge in [0.25, 0.3) is 0 Å². The molecule has 0 unspecified atom stereocenters. The summed E-state index contributed by atoms with van der Waals surface area (Å²) in [5.41, 5.74) is 0.271. The Morgan fingerprint density at radius 2 is 1.58 bits per heavy atom. The first kappa shape index (κ1) is 17.6. The number of halogens is 2. The monoisotopic (exact) mass is 340 g/mol. The molecule has 1 aromatic rings. The number of ether oxygens (including phenoxy) is 2. The number of phenols is 1. The van der Waals surface area contributed by atoms with E-state index < -0.39 is 23.7 Å². The Morgan fingerprint density at radius 1 is 1.00 bits per heavy atom. The minimum absolute atomic E-state index is 0.271. The molecule has 24 heavy (non-hydrogen) atoms. The minimum Gasteiger partial charge on any atom is -0.503 e. The maximum absolute atomic E-state index is 13.5. The van der Waals surface area contributed by atoms with Crippen LogP contribution >= 0.6 is 0 Å². The third-order valence-corrected chi connectivity index (χ3v) is 5.49. The van der Waals surface area contributed by atoms with Crippen molar-refractivity contribution in [3.63, 3.8) is 0 Å². The molecule has 3 nitrogen and oxygen atoms in total. The average Bonchev–Trinajstić information content (AvgIpc) is 2.60. The summed E-state index contributed by atoms with van der Waals surface area (Å²) in [6.45, 7) is 3.35. The Balaban J connectivity index is 1.53. The van der Waals surface area contributed by atoms with Gasteiger partial charge in [-0.15, -0.1) is 0 Å². The van der Waals surface area contributed by atoms with E-state index in [0.717, 1.165) is 18.1 Å². The van der Waals surface area contributed by atoms with Crippen molar-refractivity contribution < 1.29 is 23.4 Å². The Kier molecular flexibility index (Phi) is 5.72. The van der Waals surface area contributed by atoms with Crippen molar-refractivity contribution in [3.8, 4) is 5.75 Å². The van der Waals surface area contributed by atoms with E-state index in [0.29, 0.717) is 25.0 Å². The van der Waals surface area contributed by atoms with Crippen molar-refractivity contribution in [2.75, 3.05) is 13.2 Å². The lowest BCUT2D eigenvalue weighted by molar-refractivity contribution is -0.215. The Hall–Kier alpha value is -1.20. The third kappa shape index (κ3) is 3.89. The summed E-state index contributed by atoms with van der Waals surface area (Å²) in [4.78, 5) is 0. The zero-order valence-corrected chi connectivity index (χ0v) is 14.1. The van der Waals surface area contributed by atoms with E-state index in [9.17, 15) is 8.78 Å². The maximum Gasteiger partial charge on any atom is 0.187 e. The molecular formula is C19H26F2O3. The van der Waals surface area contributed by atoms with Gasteiger partial charge < -0.3 is 14.6 Å². The second-order valence-electron chi connectivity index (χ2n) is 7.16. The number of hydrogen-bond donors (Lipinski definition) is 1. The molecule has 0 amide bonds. The first-order chi connectivity index (χ1) is 11.6. The van der Waals surface area contributed by atoms with Gasteiger partial charge in [-0.25, -0.2) is 8.78 Å². The standard InChI is InChI=1S/C19H26F2O3/c1-2-3-12-4-6-13(7-5-12)15-10-23-19(24-11-15)14-8-16(20)18(22)17(21)9-14/h8-9,12-13,15,19,22H,2-7,10-11H2,1H3. The van der Waals surface area contributed by atoms with Crippen molar-refractivity contribution in [3.05, 3.63) is 29.3 Å². The predicted molar refractivity (Wildman–Crippen MR) is 86.5 cm³/mol. The molecule has 1 aliphatic carbocycles. The van der Waals surface area contributed by atoms with Crippen molar-refractivity contribution in [1.82, 2.24) is 0 Å². The number of aromatic hydroxyl groups is 1. The molecule has 1 N–H and O–H groups in total. The molecule has 0 atom stereocenters. The van der Waals surface area contributed by atoms with Crippen LogP contribution in [0.15, 0.2) is 12.1 Å². The predicted octanol–water partition coefficient (Wildman–Crippen LogP) is 4.94. The first-order valence-corrected chi connectivity index (χ1v) is 8.99. The largest absolute Gasteiger partial charge is 0.503 e. The van der Waals surface area contributed by atoms with Gasteiger partial charge in [0, 0.05) is 11.5 Å². The zero-order valence-electron chi connectivity index (χ0n) is 14.1. The van der Waals surface area contributed by atoms with Gasteiger partial charge in [0.1, 0.15) is 0 Å². The zero-order chi connectivity index (χ0) is 17.1. The lowest BCUT2D eigenvalue weighted by atomic mass is 9.75. The molecule has 2 aliphatic rings. The molecule has 0 aromatic heterocycles. The van der Waals surface area contributed by atoms with Gasteiger partial charge >= 0.3 is 0 Å². The minimum atomic E-state index is -0.992. The highest BCUT2D eigenvalue weighted by Crippen LogP contribution is 2.39. The van der Waals surface area contributed by atoms with Crippen molar-refractivity contribution in [1.29, 1.82) is 0 Å². The van der Waals surface area contributed by atoms with E-state index in [4.69, 9.17) is 14.6 Å². The summed E-state index contributed by atoms with van der Waals surface area (Å²) in [6.07, 6.45) is 6.82. The maximum atomic E-state index is 13.5. The quantitative estimate of drug-likeness (QED) is 0.844. The van der Waals surface area contributed by atoms with Crippen LogP contribution in [0.25, 0.3) is 0 Å². The molecule has 1 aromatic carbocycles. The third-order valence-electron chi connectivity index (χ3n) is 5.49. The highest BCUT2D eigenvalue weighted by atomic mass is 19.1. The summed E-state index contributed by atoms with van der Waals surface area (Å²) in [7, 11) is 0. The summed E-state index contributed by atoms with van der Waals surface area (Å²) >= 11 is 0. The van der Waals surface area contributed by atoms with Gasteiger partial charge in [0.15, 0.2) is 23.7 Å². The number of rotatable bonds is 4. The summed E-state index contributed by atoms with van der Waals surface area (Å²) < 4.78 is 38.4. The fourth-order valence-corrected chi connectivity index (χ4v) is 4.06. The van der Waals surface area contributed by atoms with E-state index in [1.54, 1.807) is 0 Å². The number of hydrogen-bond acceptors (Lipinski definition) is 3. The van der Waals surface area contributed by atoms with Crippen molar-refractivity contribution >= 4 is 0 Å². The SMILES string of the molecule is CCCC1CCC(C2COC(c3cc(F)c(O)c(F)c3)OC2)CC1. The first-order valence-electron chi connectivity index (χ1n) is 8.99. The van der Waals surface area contributed by atoms with Crippen LogP contribution in [0, 0.1) is 29.4 Å². The molecule has 0 radical (unpaired) electrons. The summed E-state index contributed by atoms with van der Waals surface area (Å²) in [5.74, 6) is -1.10. The van der Waals surface area contributed by atoms with Crippen LogP contribution in [-0.4, -0.2) is 18.3 Å². The Labute approximate surface area is 142 Å². The van der Waals surface area contributed by atoms with Gasteiger partial charge in [-0.3, -0.25) is 0 Å². The van der Waals surface area contributed by atoms with Gasteiger partial charge in [0.2, 0.25) is 0 Å². The number of benzene rings is 1. The molecular weight excluding hydrogens is 314 g/mol. The van der Waals surface area contributed by atoms with Crippen molar-refractivity contribution in [2.24, 2.45) is 17.8 Å². The van der Waals surface area contributed by atoms with Crippen LogP contribution in [0.5, 0.6) is 5.75 Å². The summed E-state index contributed by atoms with van der Waals surface area (Å²) in [5, 5.41) is 9.17. The van der Waals surface area contributed by atoms with Gasteiger partial charge in [0.05, 0.1) is 13.2 Å². The molecule has 5 heteroatoms. The Bertz CT molecular complexity index is 525. The van der Waals surface area contributed by atoms with E-state index >= 15 is 0 Å². The molecule has 1 heterocycles. The molecule has 134 valence electrons. The molecule has 0 spiro atoms. The Morgan fingerprint density at radius 3 is 2.12 bits per heavy atom. The van der Waals surface area contributed by atoms with E-state index in [1.807, 2.05) is 0 Å². The van der Waals surface area contributed by atoms with Crippen LogP contribution in [0.2, 0.25) is 0 Å². The van der Waals surface area contributed by atoms with Crippen LogP contribution in [0.3, 0.4) is 0 Å². The van der Waals surface area contributed by atoms with Gasteiger partial charge in [-0.2, -0.15) is 0 Å². The van der Waals surface area contributed by atoms with Crippen LogP contribution < -0.4 is 0 Å². The van der Waals surface area contributed by atoms with Crippen LogP contribution in [-0.2, 0) is 9.47 Å². The smallest absolute Gasteiger partial charge is 0.187 e. The van der Waals surface area contributed by atoms with Gasteiger partial charge in [-0.1, -0.05) is 32.6 Å². The second kappa shape index (κ2) is 7.79. The fraction of sp³-hybridized carbons (Fsp3) is 0.684. The van der Waals surface area contributed by atoms with Crippen LogP contribution in [0.4, 0.5) is 8.78 Å². The highest BCUT2D eigenvalue weighted by molar-refractivity contribution is 5.30. The van der Waals surface area contributed by atoms with E-state index in [-0.39, 0.29) is 5.56 Å². The summed E-state index contributed by atoms with van der Waals surface area (Å²) in [6, 6.07) is 2.14. The molecule has 1 saturated carbocycles. The average molecular weight is 340 g/mol.